The molecule has 0 fully saturated rings. The van der Waals surface area contributed by atoms with E-state index in [9.17, 15) is 9.59 Å². The summed E-state index contributed by atoms with van der Waals surface area (Å²) in [4.78, 5) is 25.7. The zero-order chi connectivity index (χ0) is 18.8. The highest BCUT2D eigenvalue weighted by Crippen LogP contribution is 2.38. The van der Waals surface area contributed by atoms with Gasteiger partial charge in [-0.3, -0.25) is 9.59 Å². The lowest BCUT2D eigenvalue weighted by atomic mass is 10.1. The number of carbonyl (C=O) groups is 1. The molecule has 1 heterocycles. The third kappa shape index (κ3) is 4.28. The number of pyridine rings is 1. The Morgan fingerprint density at radius 2 is 1.85 bits per heavy atom. The summed E-state index contributed by atoms with van der Waals surface area (Å²) in [6, 6.07) is 10.0. The molecule has 0 saturated heterocycles. The zero-order valence-electron chi connectivity index (χ0n) is 13.2. The standard InChI is InChI=1S/C18H12Br2ClNO4/c19-12-5-9(1-4-17(24)25)6-13(20)18(12)26-10-2-3-14-11(7-10)15(23)8-16(21)22-14/h2-3,5-8H,1,4H2,(H,22,23)(H,24,25). The second kappa shape index (κ2) is 7.82. The Kier molecular flexibility index (Phi) is 5.70. The lowest BCUT2D eigenvalue weighted by Crippen LogP contribution is -2.01. The smallest absolute Gasteiger partial charge is 0.303 e. The van der Waals surface area contributed by atoms with Gasteiger partial charge in [0.05, 0.1) is 14.5 Å². The van der Waals surface area contributed by atoms with E-state index < -0.39 is 5.97 Å². The number of halogens is 3. The minimum Gasteiger partial charge on any atom is -0.481 e. The number of benzene rings is 2. The average molecular weight is 502 g/mol. The van der Waals surface area contributed by atoms with Gasteiger partial charge >= 0.3 is 5.97 Å². The Labute approximate surface area is 170 Å². The molecule has 3 rings (SSSR count). The molecule has 0 aliphatic carbocycles. The Morgan fingerprint density at radius 1 is 1.15 bits per heavy atom. The number of H-pyrrole nitrogens is 1. The molecule has 0 radical (unpaired) electrons. The topological polar surface area (TPSA) is 79.4 Å². The fourth-order valence-corrected chi connectivity index (χ4v) is 4.12. The van der Waals surface area contributed by atoms with Crippen LogP contribution < -0.4 is 10.2 Å². The van der Waals surface area contributed by atoms with E-state index in [1.165, 1.54) is 6.07 Å². The molecule has 0 spiro atoms. The van der Waals surface area contributed by atoms with Crippen molar-refractivity contribution in [1.29, 1.82) is 0 Å². The summed E-state index contributed by atoms with van der Waals surface area (Å²) in [6.07, 6.45) is 0.466. The number of carboxylic acid groups (broad SMARTS) is 1. The number of hydrogen-bond donors (Lipinski definition) is 2. The molecule has 2 N–H and O–H groups in total. The molecule has 8 heteroatoms. The first-order valence-electron chi connectivity index (χ1n) is 7.53. The van der Waals surface area contributed by atoms with Crippen molar-refractivity contribution in [3.05, 3.63) is 66.3 Å². The van der Waals surface area contributed by atoms with Gasteiger partial charge in [0, 0.05) is 17.9 Å². The van der Waals surface area contributed by atoms with E-state index in [1.54, 1.807) is 18.2 Å². The second-order valence-corrected chi connectivity index (χ2v) is 7.69. The van der Waals surface area contributed by atoms with Gasteiger partial charge in [0.25, 0.3) is 0 Å². The minimum atomic E-state index is -0.848. The maximum absolute atomic E-state index is 12.1. The van der Waals surface area contributed by atoms with E-state index in [0.29, 0.717) is 37.8 Å². The van der Waals surface area contributed by atoms with Gasteiger partial charge in [-0.2, -0.15) is 0 Å². The average Bonchev–Trinajstić information content (AvgIpc) is 2.56. The fourth-order valence-electron chi connectivity index (χ4n) is 2.48. The van der Waals surface area contributed by atoms with Crippen LogP contribution in [0.15, 0.2) is 50.1 Å². The molecular formula is C18H12Br2ClNO4. The van der Waals surface area contributed by atoms with Crippen LogP contribution in [0.25, 0.3) is 10.9 Å². The molecule has 0 aliphatic heterocycles. The van der Waals surface area contributed by atoms with Gasteiger partial charge in [0.1, 0.15) is 10.9 Å². The third-order valence-electron chi connectivity index (χ3n) is 3.67. The number of aliphatic carboxylic acids is 1. The summed E-state index contributed by atoms with van der Waals surface area (Å²) in [5.74, 6) is 0.179. The maximum atomic E-state index is 12.1. The van der Waals surface area contributed by atoms with Crippen LogP contribution in [0, 0.1) is 0 Å². The van der Waals surface area contributed by atoms with Gasteiger partial charge in [0.15, 0.2) is 11.2 Å². The van der Waals surface area contributed by atoms with Crippen LogP contribution in [0.4, 0.5) is 0 Å². The first-order valence-corrected chi connectivity index (χ1v) is 9.50. The molecule has 5 nitrogen and oxygen atoms in total. The van der Waals surface area contributed by atoms with E-state index in [-0.39, 0.29) is 17.0 Å². The number of ether oxygens (including phenoxy) is 1. The van der Waals surface area contributed by atoms with Crippen LogP contribution in [0.2, 0.25) is 5.15 Å². The largest absolute Gasteiger partial charge is 0.481 e. The third-order valence-corrected chi connectivity index (χ3v) is 5.06. The normalized spacial score (nSPS) is 10.9. The summed E-state index contributed by atoms with van der Waals surface area (Å²) >= 11 is 12.8. The van der Waals surface area contributed by atoms with Crippen molar-refractivity contribution in [3.8, 4) is 11.5 Å². The van der Waals surface area contributed by atoms with Crippen molar-refractivity contribution < 1.29 is 14.6 Å². The van der Waals surface area contributed by atoms with Crippen molar-refractivity contribution >= 4 is 60.3 Å². The first kappa shape index (κ1) is 18.9. The number of fused-ring (bicyclic) bond motifs is 1. The Balaban J connectivity index is 1.92. The Bertz CT molecular complexity index is 1040. The highest BCUT2D eigenvalue weighted by Gasteiger charge is 2.12. The molecule has 0 aliphatic rings. The monoisotopic (exact) mass is 499 g/mol. The number of hydrogen-bond acceptors (Lipinski definition) is 3. The summed E-state index contributed by atoms with van der Waals surface area (Å²) < 4.78 is 7.27. The van der Waals surface area contributed by atoms with Gasteiger partial charge in [-0.05, 0) is 74.2 Å². The van der Waals surface area contributed by atoms with E-state index in [2.05, 4.69) is 36.8 Å². The van der Waals surface area contributed by atoms with Crippen LogP contribution in [-0.4, -0.2) is 16.1 Å². The van der Waals surface area contributed by atoms with Gasteiger partial charge < -0.3 is 14.8 Å². The lowest BCUT2D eigenvalue weighted by Gasteiger charge is -2.12. The van der Waals surface area contributed by atoms with Crippen LogP contribution in [-0.2, 0) is 11.2 Å². The van der Waals surface area contributed by atoms with Crippen molar-refractivity contribution in [2.24, 2.45) is 0 Å². The van der Waals surface area contributed by atoms with Crippen LogP contribution in [0.1, 0.15) is 12.0 Å². The van der Waals surface area contributed by atoms with E-state index in [0.717, 1.165) is 5.56 Å². The van der Waals surface area contributed by atoms with Crippen LogP contribution >= 0.6 is 43.5 Å². The first-order chi connectivity index (χ1) is 12.3. The molecule has 3 aromatic rings. The van der Waals surface area contributed by atoms with Crippen LogP contribution in [0.3, 0.4) is 0 Å². The van der Waals surface area contributed by atoms with Crippen molar-refractivity contribution in [3.63, 3.8) is 0 Å². The number of nitrogens with one attached hydrogen (secondary N) is 1. The van der Waals surface area contributed by atoms with Crippen molar-refractivity contribution in [2.45, 2.75) is 12.8 Å². The van der Waals surface area contributed by atoms with E-state index in [1.807, 2.05) is 12.1 Å². The SMILES string of the molecule is O=C(O)CCc1cc(Br)c(Oc2ccc3[nH]c(Cl)cc(=O)c3c2)c(Br)c1. The molecule has 26 heavy (non-hydrogen) atoms. The number of aromatic amines is 1. The molecule has 0 atom stereocenters. The van der Waals surface area contributed by atoms with Crippen molar-refractivity contribution in [1.82, 2.24) is 4.98 Å². The predicted molar refractivity (Wildman–Crippen MR) is 107 cm³/mol. The number of aryl methyl sites for hydroxylation is 1. The van der Waals surface area contributed by atoms with Gasteiger partial charge in [-0.15, -0.1) is 0 Å². The quantitative estimate of drug-likeness (QED) is 0.452. The molecule has 0 amide bonds. The predicted octanol–water partition coefficient (Wildman–Crippen LogP) is 5.52. The van der Waals surface area contributed by atoms with Crippen molar-refractivity contribution in [2.75, 3.05) is 0 Å². The molecule has 1 aromatic heterocycles. The van der Waals surface area contributed by atoms with Gasteiger partial charge in [-0.1, -0.05) is 11.6 Å². The summed E-state index contributed by atoms with van der Waals surface area (Å²) in [7, 11) is 0. The summed E-state index contributed by atoms with van der Waals surface area (Å²) in [5, 5.41) is 9.55. The highest BCUT2D eigenvalue weighted by molar-refractivity contribution is 9.11. The maximum Gasteiger partial charge on any atom is 0.303 e. The molecule has 0 unspecified atom stereocenters. The fraction of sp³-hybridized carbons (Fsp3) is 0.111. The van der Waals surface area contributed by atoms with Crippen LogP contribution in [0.5, 0.6) is 11.5 Å². The Morgan fingerprint density at radius 3 is 2.50 bits per heavy atom. The molecule has 0 saturated carbocycles. The zero-order valence-corrected chi connectivity index (χ0v) is 17.1. The van der Waals surface area contributed by atoms with Gasteiger partial charge in [0.2, 0.25) is 0 Å². The molecular weight excluding hydrogens is 489 g/mol. The van der Waals surface area contributed by atoms with E-state index >= 15 is 0 Å². The molecule has 0 bridgehead atoms. The minimum absolute atomic E-state index is 0.0507. The van der Waals surface area contributed by atoms with E-state index in [4.69, 9.17) is 21.4 Å². The Hall–Kier alpha value is -1.83. The molecule has 134 valence electrons. The molecule has 2 aromatic carbocycles. The lowest BCUT2D eigenvalue weighted by molar-refractivity contribution is -0.136. The summed E-state index contributed by atoms with van der Waals surface area (Å²) in [6.45, 7) is 0. The number of carboxylic acids is 1. The number of aromatic nitrogens is 1. The summed E-state index contributed by atoms with van der Waals surface area (Å²) in [5.41, 5.74) is 1.29. The second-order valence-electron chi connectivity index (χ2n) is 5.57. The highest BCUT2D eigenvalue weighted by atomic mass is 79.9. The van der Waals surface area contributed by atoms with Gasteiger partial charge in [-0.25, -0.2) is 0 Å². The number of rotatable bonds is 5.